The number of aromatic nitrogens is 2. The predicted octanol–water partition coefficient (Wildman–Crippen LogP) is 4.56. The number of nitrogens with one attached hydrogen (secondary N) is 3. The van der Waals surface area contributed by atoms with Gasteiger partial charge in [-0.2, -0.15) is 17.6 Å². The first kappa shape index (κ1) is 32.1. The lowest BCUT2D eigenvalue weighted by molar-refractivity contribution is -0.130. The highest BCUT2D eigenvalue weighted by Crippen LogP contribution is 2.50. The number of nitrogens with zero attached hydrogens (tertiary/aromatic N) is 2. The number of alkyl halides is 4. The number of carbonyl (C=O) groups is 3. The van der Waals surface area contributed by atoms with Gasteiger partial charge in [-0.3, -0.25) is 19.4 Å². The van der Waals surface area contributed by atoms with Gasteiger partial charge in [0.15, 0.2) is 0 Å². The summed E-state index contributed by atoms with van der Waals surface area (Å²) in [6, 6.07) is 14.6. The van der Waals surface area contributed by atoms with Crippen LogP contribution in [0.2, 0.25) is 0 Å². The number of benzene rings is 2. The Balaban J connectivity index is 0.000000215. The van der Waals surface area contributed by atoms with Gasteiger partial charge in [0.1, 0.15) is 0 Å². The molecule has 1 aliphatic carbocycles. The molecule has 9 nitrogen and oxygen atoms in total. The van der Waals surface area contributed by atoms with Crippen molar-refractivity contribution in [1.82, 2.24) is 25.5 Å². The Morgan fingerprint density at radius 3 is 2.55 bits per heavy atom. The summed E-state index contributed by atoms with van der Waals surface area (Å²) in [6.45, 7) is -0.0311. The second kappa shape index (κ2) is 14.1. The maximum absolute atomic E-state index is 14.6. The van der Waals surface area contributed by atoms with Crippen LogP contribution in [0, 0.1) is 0 Å². The Bertz CT molecular complexity index is 1590. The number of aliphatic hydroxyl groups is 1. The third-order valence-corrected chi connectivity index (χ3v) is 7.30. The van der Waals surface area contributed by atoms with Crippen LogP contribution in [-0.4, -0.2) is 63.9 Å². The minimum atomic E-state index is -3.17. The van der Waals surface area contributed by atoms with Gasteiger partial charge in [0.2, 0.25) is 12.3 Å². The Labute approximate surface area is 250 Å². The number of pyridine rings is 1. The molecule has 44 heavy (non-hydrogen) atoms. The highest BCUT2D eigenvalue weighted by atomic mass is 19.3. The molecular weight excluding hydrogens is 582 g/mol. The summed E-state index contributed by atoms with van der Waals surface area (Å²) >= 11 is 0. The summed E-state index contributed by atoms with van der Waals surface area (Å²) in [7, 11) is 0. The largest absolute Gasteiger partial charge is 0.357 e. The molecule has 6 rings (SSSR count). The Morgan fingerprint density at radius 2 is 1.86 bits per heavy atom. The molecule has 4 aromatic rings. The second-order valence-electron chi connectivity index (χ2n) is 10.2. The molecule has 2 aromatic carbocycles. The zero-order valence-electron chi connectivity index (χ0n) is 23.7. The molecule has 1 unspecified atom stereocenters. The fourth-order valence-corrected chi connectivity index (χ4v) is 5.26. The molecule has 2 aromatic heterocycles. The number of hydrogen-bond donors (Lipinski definition) is 4. The molecule has 3 heterocycles. The number of aromatic amines is 1. The van der Waals surface area contributed by atoms with E-state index in [2.05, 4.69) is 20.6 Å². The SMILES string of the molecule is CC1CCCN1C(=O)CNC(=O)c1ccc2c(c1)-c1ccccc1C2(F)F.O=CNCc1cc2cnccc2[nH]1.OC(F)F. The fraction of sp³-hybridized carbons (Fsp3) is 0.290. The van der Waals surface area contributed by atoms with E-state index in [1.54, 1.807) is 35.5 Å². The zero-order valence-corrected chi connectivity index (χ0v) is 23.7. The third-order valence-electron chi connectivity index (χ3n) is 7.30. The molecule has 1 fully saturated rings. The van der Waals surface area contributed by atoms with E-state index in [0.717, 1.165) is 29.4 Å². The molecule has 1 aliphatic heterocycles. The molecule has 1 atom stereocenters. The molecule has 0 radical (unpaired) electrons. The van der Waals surface area contributed by atoms with Gasteiger partial charge in [0.05, 0.1) is 13.1 Å². The Morgan fingerprint density at radius 1 is 1.14 bits per heavy atom. The average molecular weight is 614 g/mol. The summed E-state index contributed by atoms with van der Waals surface area (Å²) in [4.78, 5) is 43.7. The van der Waals surface area contributed by atoms with Crippen LogP contribution in [0.3, 0.4) is 0 Å². The zero-order chi connectivity index (χ0) is 31.9. The summed E-state index contributed by atoms with van der Waals surface area (Å²) in [5.74, 6) is -3.62. The number of likely N-dealkylation sites (tertiary alicyclic amines) is 1. The fourth-order valence-electron chi connectivity index (χ4n) is 5.26. The molecular formula is C31H31F4N5O4. The van der Waals surface area contributed by atoms with Crippen molar-refractivity contribution >= 4 is 29.1 Å². The van der Waals surface area contributed by atoms with Gasteiger partial charge in [0, 0.05) is 58.3 Å². The summed E-state index contributed by atoms with van der Waals surface area (Å²) < 4.78 is 48.9. The van der Waals surface area contributed by atoms with E-state index in [4.69, 9.17) is 5.11 Å². The maximum Gasteiger partial charge on any atom is 0.342 e. The summed E-state index contributed by atoms with van der Waals surface area (Å²) in [5.41, 5.74) is 2.95. The predicted molar refractivity (Wildman–Crippen MR) is 155 cm³/mol. The molecule has 232 valence electrons. The number of amides is 3. The van der Waals surface area contributed by atoms with Crippen molar-refractivity contribution in [3.05, 3.63) is 89.4 Å². The number of carbonyl (C=O) groups excluding carboxylic acids is 3. The first-order chi connectivity index (χ1) is 21.0. The van der Waals surface area contributed by atoms with E-state index in [0.29, 0.717) is 30.6 Å². The normalized spacial score (nSPS) is 15.8. The van der Waals surface area contributed by atoms with Crippen LogP contribution in [-0.2, 0) is 22.1 Å². The number of fused-ring (bicyclic) bond motifs is 4. The molecule has 1 saturated heterocycles. The van der Waals surface area contributed by atoms with Crippen LogP contribution in [0.5, 0.6) is 0 Å². The van der Waals surface area contributed by atoms with E-state index in [-0.39, 0.29) is 35.2 Å². The minimum absolute atomic E-state index is 0.0456. The van der Waals surface area contributed by atoms with Gasteiger partial charge in [-0.05, 0) is 55.2 Å². The number of halogens is 4. The van der Waals surface area contributed by atoms with Crippen molar-refractivity contribution in [3.63, 3.8) is 0 Å². The minimum Gasteiger partial charge on any atom is -0.357 e. The maximum atomic E-state index is 14.6. The second-order valence-corrected chi connectivity index (χ2v) is 10.2. The lowest BCUT2D eigenvalue weighted by atomic mass is 10.0. The molecule has 4 N–H and O–H groups in total. The van der Waals surface area contributed by atoms with Crippen molar-refractivity contribution in [3.8, 4) is 11.1 Å². The summed E-state index contributed by atoms with van der Waals surface area (Å²) in [6.07, 6.45) is 6.15. The van der Waals surface area contributed by atoms with Crippen molar-refractivity contribution < 1.29 is 37.1 Å². The molecule has 0 bridgehead atoms. The van der Waals surface area contributed by atoms with Crippen LogP contribution in [0.15, 0.2) is 67.0 Å². The number of hydrogen-bond acceptors (Lipinski definition) is 5. The Hall–Kier alpha value is -4.78. The van der Waals surface area contributed by atoms with Crippen molar-refractivity contribution in [2.45, 2.75) is 44.9 Å². The van der Waals surface area contributed by atoms with E-state index in [9.17, 15) is 31.9 Å². The summed E-state index contributed by atoms with van der Waals surface area (Å²) in [5, 5.41) is 13.0. The van der Waals surface area contributed by atoms with Crippen molar-refractivity contribution in [1.29, 1.82) is 0 Å². The van der Waals surface area contributed by atoms with Crippen LogP contribution >= 0.6 is 0 Å². The standard InChI is InChI=1S/C21H20F2N2O2.C9H9N3O.CH2F2O/c1-13-5-4-10-25(13)19(26)12-24-20(27)14-8-9-18-16(11-14)15-6-2-3-7-17(15)21(18,22)23;13-6-11-5-8-3-7-4-10-2-1-9(7)12-8;2-1(3)4/h2-3,6-9,11,13H,4-5,10,12H2,1H3,(H,24,27);1-4,6,12H,5H2,(H,11,13);1,4H. The number of aliphatic hydroxyl groups excluding tert-OH is 1. The topological polar surface area (TPSA) is 127 Å². The van der Waals surface area contributed by atoms with Crippen molar-refractivity contribution in [2.24, 2.45) is 0 Å². The van der Waals surface area contributed by atoms with E-state index in [1.165, 1.54) is 24.3 Å². The molecule has 13 heteroatoms. The molecule has 0 spiro atoms. The molecule has 2 aliphatic rings. The number of rotatable bonds is 6. The first-order valence-electron chi connectivity index (χ1n) is 13.8. The smallest absolute Gasteiger partial charge is 0.342 e. The number of H-pyrrole nitrogens is 1. The van der Waals surface area contributed by atoms with Crippen LogP contribution < -0.4 is 10.6 Å². The Kier molecular flexibility index (Phi) is 10.3. The third kappa shape index (κ3) is 7.40. The van der Waals surface area contributed by atoms with E-state index >= 15 is 0 Å². The lowest BCUT2D eigenvalue weighted by Crippen LogP contribution is -2.41. The van der Waals surface area contributed by atoms with Gasteiger partial charge in [0.25, 0.3) is 11.8 Å². The monoisotopic (exact) mass is 613 g/mol. The van der Waals surface area contributed by atoms with Gasteiger partial charge in [-0.15, -0.1) is 0 Å². The molecule has 0 saturated carbocycles. The van der Waals surface area contributed by atoms with Gasteiger partial charge in [-0.25, -0.2) is 0 Å². The van der Waals surface area contributed by atoms with Crippen LogP contribution in [0.25, 0.3) is 22.0 Å². The van der Waals surface area contributed by atoms with E-state index in [1.807, 2.05) is 19.1 Å². The first-order valence-corrected chi connectivity index (χ1v) is 13.8. The lowest BCUT2D eigenvalue weighted by Gasteiger charge is -2.21. The highest BCUT2D eigenvalue weighted by molar-refractivity contribution is 5.98. The quantitative estimate of drug-likeness (QED) is 0.187. The molecule has 3 amide bonds. The van der Waals surface area contributed by atoms with E-state index < -0.39 is 18.4 Å². The van der Waals surface area contributed by atoms with Crippen LogP contribution in [0.4, 0.5) is 17.6 Å². The van der Waals surface area contributed by atoms with Crippen LogP contribution in [0.1, 0.15) is 46.9 Å². The van der Waals surface area contributed by atoms with Gasteiger partial charge >= 0.3 is 6.61 Å². The highest BCUT2D eigenvalue weighted by Gasteiger charge is 2.44. The van der Waals surface area contributed by atoms with Crippen molar-refractivity contribution in [2.75, 3.05) is 13.1 Å². The van der Waals surface area contributed by atoms with Gasteiger partial charge < -0.3 is 25.6 Å². The average Bonchev–Trinajstić information content (AvgIpc) is 3.69. The van der Waals surface area contributed by atoms with Gasteiger partial charge in [-0.1, -0.05) is 30.3 Å².